The Bertz CT molecular complexity index is 835. The Labute approximate surface area is 162 Å². The number of rotatable bonds is 6. The summed E-state index contributed by atoms with van der Waals surface area (Å²) in [6.07, 6.45) is 0. The summed E-state index contributed by atoms with van der Waals surface area (Å²) in [6, 6.07) is 10.1. The fourth-order valence-corrected chi connectivity index (χ4v) is 2.71. The molecule has 2 aromatic carbocycles. The highest BCUT2D eigenvalue weighted by molar-refractivity contribution is 6.04. The number of morpholine rings is 1. The standard InChI is InChI=1S/C20H21FN2O5/c1-26-18-12-14(20(25)22-16-5-3-15(21)4-6-16)2-7-17(18)28-13-19(24)23-8-10-27-11-9-23/h2-7,12H,8-11,13H2,1H3,(H,22,25). The van der Waals surface area contributed by atoms with E-state index in [0.29, 0.717) is 49.1 Å². The number of carbonyl (C=O) groups excluding carboxylic acids is 2. The van der Waals surface area contributed by atoms with Crippen LogP contribution in [0.2, 0.25) is 0 Å². The van der Waals surface area contributed by atoms with Crippen LogP contribution >= 0.6 is 0 Å². The van der Waals surface area contributed by atoms with Crippen LogP contribution in [-0.4, -0.2) is 56.7 Å². The zero-order chi connectivity index (χ0) is 19.9. The van der Waals surface area contributed by atoms with Crippen molar-refractivity contribution < 1.29 is 28.2 Å². The quantitative estimate of drug-likeness (QED) is 0.822. The van der Waals surface area contributed by atoms with Crippen LogP contribution in [0.3, 0.4) is 0 Å². The molecule has 0 aliphatic carbocycles. The average Bonchev–Trinajstić information content (AvgIpc) is 2.74. The van der Waals surface area contributed by atoms with Gasteiger partial charge in [-0.05, 0) is 42.5 Å². The Morgan fingerprint density at radius 3 is 2.50 bits per heavy atom. The van der Waals surface area contributed by atoms with E-state index in [4.69, 9.17) is 14.2 Å². The minimum absolute atomic E-state index is 0.127. The normalized spacial score (nSPS) is 13.7. The number of halogens is 1. The lowest BCUT2D eigenvalue weighted by Crippen LogP contribution is -2.43. The fraction of sp³-hybridized carbons (Fsp3) is 0.300. The summed E-state index contributed by atoms with van der Waals surface area (Å²) in [4.78, 5) is 26.2. The monoisotopic (exact) mass is 388 g/mol. The highest BCUT2D eigenvalue weighted by Crippen LogP contribution is 2.28. The van der Waals surface area contributed by atoms with Crippen LogP contribution in [0.15, 0.2) is 42.5 Å². The summed E-state index contributed by atoms with van der Waals surface area (Å²) in [5, 5.41) is 2.67. The number of nitrogens with zero attached hydrogens (tertiary/aromatic N) is 1. The number of anilines is 1. The van der Waals surface area contributed by atoms with Crippen molar-refractivity contribution in [1.82, 2.24) is 4.90 Å². The second kappa shape index (κ2) is 9.18. The topological polar surface area (TPSA) is 77.1 Å². The number of ether oxygens (including phenoxy) is 3. The van der Waals surface area contributed by atoms with E-state index in [1.807, 2.05) is 0 Å². The number of hydrogen-bond acceptors (Lipinski definition) is 5. The Morgan fingerprint density at radius 2 is 1.82 bits per heavy atom. The maximum absolute atomic E-state index is 13.0. The molecular weight excluding hydrogens is 367 g/mol. The van der Waals surface area contributed by atoms with Gasteiger partial charge < -0.3 is 24.4 Å². The third-order valence-electron chi connectivity index (χ3n) is 4.24. The largest absolute Gasteiger partial charge is 0.493 e. The molecule has 2 aromatic rings. The van der Waals surface area contributed by atoms with Gasteiger partial charge in [-0.1, -0.05) is 0 Å². The van der Waals surface area contributed by atoms with Crippen molar-refractivity contribution in [3.05, 3.63) is 53.8 Å². The number of methoxy groups -OCH3 is 1. The van der Waals surface area contributed by atoms with Crippen LogP contribution in [0, 0.1) is 5.82 Å². The first-order valence-electron chi connectivity index (χ1n) is 8.80. The number of carbonyl (C=O) groups is 2. The molecule has 8 heteroatoms. The summed E-state index contributed by atoms with van der Waals surface area (Å²) in [5.41, 5.74) is 0.815. The molecule has 0 atom stereocenters. The number of amides is 2. The van der Waals surface area contributed by atoms with Crippen molar-refractivity contribution >= 4 is 17.5 Å². The van der Waals surface area contributed by atoms with Crippen molar-refractivity contribution in [2.75, 3.05) is 45.3 Å². The van der Waals surface area contributed by atoms with Crippen LogP contribution in [0.25, 0.3) is 0 Å². The number of hydrogen-bond donors (Lipinski definition) is 1. The van der Waals surface area contributed by atoms with Gasteiger partial charge in [-0.15, -0.1) is 0 Å². The molecule has 0 saturated carbocycles. The van der Waals surface area contributed by atoms with Crippen LogP contribution in [0.4, 0.5) is 10.1 Å². The van der Waals surface area contributed by atoms with E-state index in [1.54, 1.807) is 17.0 Å². The zero-order valence-electron chi connectivity index (χ0n) is 15.4. The van der Waals surface area contributed by atoms with Gasteiger partial charge in [-0.3, -0.25) is 9.59 Å². The molecule has 1 N–H and O–H groups in total. The predicted octanol–water partition coefficient (Wildman–Crippen LogP) is 2.32. The predicted molar refractivity (Wildman–Crippen MR) is 100 cm³/mol. The van der Waals surface area contributed by atoms with E-state index < -0.39 is 0 Å². The van der Waals surface area contributed by atoms with Gasteiger partial charge in [0.15, 0.2) is 18.1 Å². The molecule has 1 heterocycles. The van der Waals surface area contributed by atoms with Crippen LogP contribution in [0.5, 0.6) is 11.5 Å². The van der Waals surface area contributed by atoms with E-state index >= 15 is 0 Å². The van der Waals surface area contributed by atoms with E-state index in [-0.39, 0.29) is 24.2 Å². The molecule has 0 unspecified atom stereocenters. The first-order valence-corrected chi connectivity index (χ1v) is 8.80. The summed E-state index contributed by atoms with van der Waals surface area (Å²) in [5.74, 6) is -0.193. The maximum atomic E-state index is 13.0. The summed E-state index contributed by atoms with van der Waals surface area (Å²) < 4.78 is 29.0. The van der Waals surface area contributed by atoms with E-state index in [2.05, 4.69) is 5.32 Å². The molecule has 28 heavy (non-hydrogen) atoms. The minimum atomic E-state index is -0.382. The van der Waals surface area contributed by atoms with Gasteiger partial charge in [0.2, 0.25) is 0 Å². The molecule has 0 aromatic heterocycles. The third kappa shape index (κ3) is 4.98. The van der Waals surface area contributed by atoms with Gasteiger partial charge in [-0.25, -0.2) is 4.39 Å². The van der Waals surface area contributed by atoms with E-state index in [9.17, 15) is 14.0 Å². The van der Waals surface area contributed by atoms with Gasteiger partial charge in [0, 0.05) is 24.3 Å². The molecule has 0 bridgehead atoms. The zero-order valence-corrected chi connectivity index (χ0v) is 15.4. The summed E-state index contributed by atoms with van der Waals surface area (Å²) in [6.45, 7) is 2.00. The van der Waals surface area contributed by atoms with Gasteiger partial charge in [0.05, 0.1) is 20.3 Å². The van der Waals surface area contributed by atoms with Gasteiger partial charge in [0.1, 0.15) is 5.82 Å². The maximum Gasteiger partial charge on any atom is 0.260 e. The van der Waals surface area contributed by atoms with Gasteiger partial charge in [-0.2, -0.15) is 0 Å². The lowest BCUT2D eigenvalue weighted by molar-refractivity contribution is -0.137. The Hall–Kier alpha value is -3.13. The fourth-order valence-electron chi connectivity index (χ4n) is 2.71. The highest BCUT2D eigenvalue weighted by atomic mass is 19.1. The van der Waals surface area contributed by atoms with Crippen molar-refractivity contribution in [2.45, 2.75) is 0 Å². The Morgan fingerprint density at radius 1 is 1.11 bits per heavy atom. The molecule has 0 spiro atoms. The van der Waals surface area contributed by atoms with Crippen molar-refractivity contribution in [3.8, 4) is 11.5 Å². The molecule has 1 aliphatic rings. The second-order valence-corrected chi connectivity index (χ2v) is 6.11. The summed E-state index contributed by atoms with van der Waals surface area (Å²) in [7, 11) is 1.45. The Kier molecular flexibility index (Phi) is 6.44. The molecule has 7 nitrogen and oxygen atoms in total. The molecular formula is C20H21FN2O5. The van der Waals surface area contributed by atoms with Crippen LogP contribution < -0.4 is 14.8 Å². The lowest BCUT2D eigenvalue weighted by atomic mass is 10.2. The smallest absolute Gasteiger partial charge is 0.260 e. The van der Waals surface area contributed by atoms with Crippen LogP contribution in [0.1, 0.15) is 10.4 Å². The van der Waals surface area contributed by atoms with Gasteiger partial charge >= 0.3 is 0 Å². The SMILES string of the molecule is COc1cc(C(=O)Nc2ccc(F)cc2)ccc1OCC(=O)N1CCOCC1. The summed E-state index contributed by atoms with van der Waals surface area (Å²) >= 11 is 0. The lowest BCUT2D eigenvalue weighted by Gasteiger charge is -2.26. The Balaban J connectivity index is 1.63. The van der Waals surface area contributed by atoms with E-state index in [1.165, 1.54) is 37.4 Å². The number of nitrogens with one attached hydrogen (secondary N) is 1. The van der Waals surface area contributed by atoms with Crippen LogP contribution in [-0.2, 0) is 9.53 Å². The highest BCUT2D eigenvalue weighted by Gasteiger charge is 2.18. The van der Waals surface area contributed by atoms with Crippen molar-refractivity contribution in [1.29, 1.82) is 0 Å². The molecule has 1 fully saturated rings. The minimum Gasteiger partial charge on any atom is -0.493 e. The molecule has 1 saturated heterocycles. The van der Waals surface area contributed by atoms with Gasteiger partial charge in [0.25, 0.3) is 11.8 Å². The molecule has 148 valence electrons. The average molecular weight is 388 g/mol. The first kappa shape index (κ1) is 19.6. The molecule has 2 amide bonds. The van der Waals surface area contributed by atoms with E-state index in [0.717, 1.165) is 0 Å². The second-order valence-electron chi connectivity index (χ2n) is 6.11. The number of benzene rings is 2. The third-order valence-corrected chi connectivity index (χ3v) is 4.24. The molecule has 3 rings (SSSR count). The molecule has 1 aliphatic heterocycles. The molecule has 0 radical (unpaired) electrons. The van der Waals surface area contributed by atoms with Crippen molar-refractivity contribution in [3.63, 3.8) is 0 Å². The van der Waals surface area contributed by atoms with Crippen molar-refractivity contribution in [2.24, 2.45) is 0 Å². The first-order chi connectivity index (χ1) is 13.6.